The van der Waals surface area contributed by atoms with E-state index < -0.39 is 59.1 Å². The molecule has 2 aromatic carbocycles. The number of carbonyl (C=O) groups excluding carboxylic acids is 3. The lowest BCUT2D eigenvalue weighted by molar-refractivity contribution is -0.143. The average molecular weight is 695 g/mol. The Balaban J connectivity index is 1.53. The van der Waals surface area contributed by atoms with Crippen molar-refractivity contribution in [3.8, 4) is 0 Å². The number of ether oxygens (including phenoxy) is 1. The van der Waals surface area contributed by atoms with Crippen LogP contribution in [0.1, 0.15) is 48.3 Å². The fourth-order valence-electron chi connectivity index (χ4n) is 6.10. The van der Waals surface area contributed by atoms with E-state index in [-0.39, 0.29) is 49.5 Å². The van der Waals surface area contributed by atoms with Gasteiger partial charge >= 0.3 is 24.5 Å². The highest BCUT2D eigenvalue weighted by Gasteiger charge is 2.43. The van der Waals surface area contributed by atoms with E-state index in [1.165, 1.54) is 36.2 Å². The molecule has 47 heavy (non-hydrogen) atoms. The molecule has 1 saturated heterocycles. The number of nitrogens with one attached hydrogen (secondary N) is 1. The highest BCUT2D eigenvalue weighted by Crippen LogP contribution is 2.39. The summed E-state index contributed by atoms with van der Waals surface area (Å²) >= 11 is 5.53. The zero-order valence-electron chi connectivity index (χ0n) is 25.5. The number of anilines is 1. The van der Waals surface area contributed by atoms with Crippen LogP contribution >= 0.6 is 11.6 Å². The number of likely N-dealkylation sites (N-methyl/N-ethyl adjacent to an activating group) is 1. The smallest absolute Gasteiger partial charge is 0.416 e. The third kappa shape index (κ3) is 8.79. The first kappa shape index (κ1) is 36.1. The Morgan fingerprint density at radius 3 is 2.02 bits per heavy atom. The lowest BCUT2D eigenvalue weighted by atomic mass is 9.85. The molecule has 1 saturated carbocycles. The molecule has 1 N–H and O–H groups in total. The molecule has 0 radical (unpaired) electrons. The molecule has 16 heteroatoms. The predicted molar refractivity (Wildman–Crippen MR) is 158 cm³/mol. The first-order valence-electron chi connectivity index (χ1n) is 14.8. The van der Waals surface area contributed by atoms with Crippen molar-refractivity contribution in [1.29, 1.82) is 0 Å². The number of halogens is 8. The van der Waals surface area contributed by atoms with E-state index in [4.69, 9.17) is 16.3 Å². The van der Waals surface area contributed by atoms with Gasteiger partial charge in [0.15, 0.2) is 0 Å². The molecule has 0 unspecified atom stereocenters. The van der Waals surface area contributed by atoms with Crippen molar-refractivity contribution >= 4 is 35.3 Å². The Bertz CT molecular complexity index is 1400. The Morgan fingerprint density at radius 1 is 0.915 bits per heavy atom. The molecule has 0 aromatic heterocycles. The molecule has 1 aliphatic heterocycles. The van der Waals surface area contributed by atoms with E-state index in [0.29, 0.717) is 48.3 Å². The van der Waals surface area contributed by atoms with Gasteiger partial charge in [-0.25, -0.2) is 14.0 Å². The summed E-state index contributed by atoms with van der Waals surface area (Å²) in [6, 6.07) is 4.52. The van der Waals surface area contributed by atoms with E-state index in [9.17, 15) is 45.1 Å². The minimum atomic E-state index is -5.10. The zero-order chi connectivity index (χ0) is 34.7. The molecular weight excluding hydrogens is 661 g/mol. The molecule has 2 aromatic rings. The van der Waals surface area contributed by atoms with E-state index in [2.05, 4.69) is 5.32 Å². The summed E-state index contributed by atoms with van der Waals surface area (Å²) in [4.78, 5) is 42.6. The molecule has 0 bridgehead atoms. The lowest BCUT2D eigenvalue weighted by Gasteiger charge is -2.33. The molecular formula is C31H34ClF7N4O4. The molecule has 4 amide bonds. The second kappa shape index (κ2) is 14.6. The van der Waals surface area contributed by atoms with Crippen LogP contribution in [0, 0.1) is 11.7 Å². The van der Waals surface area contributed by atoms with E-state index in [0.717, 1.165) is 7.05 Å². The van der Waals surface area contributed by atoms with Crippen molar-refractivity contribution in [2.75, 3.05) is 44.6 Å². The van der Waals surface area contributed by atoms with Gasteiger partial charge in [0, 0.05) is 50.7 Å². The van der Waals surface area contributed by atoms with E-state index >= 15 is 0 Å². The first-order valence-corrected chi connectivity index (χ1v) is 15.4. The maximum Gasteiger partial charge on any atom is 0.416 e. The summed E-state index contributed by atoms with van der Waals surface area (Å²) in [5.41, 5.74) is -3.16. The van der Waals surface area contributed by atoms with Crippen LogP contribution in [0.3, 0.4) is 0 Å². The summed E-state index contributed by atoms with van der Waals surface area (Å²) in [6.45, 7) is 0.227. The van der Waals surface area contributed by atoms with Gasteiger partial charge in [0.05, 0.1) is 23.0 Å². The normalized spacial score (nSPS) is 21.7. The number of likely N-dealkylation sites (tertiary alicyclic amines) is 1. The fraction of sp³-hybridized carbons (Fsp3) is 0.516. The number of urea groups is 1. The number of carbonyl (C=O) groups is 3. The van der Waals surface area contributed by atoms with Crippen molar-refractivity contribution < 1.29 is 49.9 Å². The molecule has 2 aliphatic rings. The van der Waals surface area contributed by atoms with Gasteiger partial charge < -0.3 is 19.9 Å². The third-order valence-corrected chi connectivity index (χ3v) is 8.81. The summed E-state index contributed by atoms with van der Waals surface area (Å²) in [7, 11) is 2.42. The molecule has 1 aliphatic carbocycles. The van der Waals surface area contributed by atoms with Gasteiger partial charge in [-0.15, -0.1) is 11.6 Å². The fourth-order valence-corrected chi connectivity index (χ4v) is 6.18. The first-order chi connectivity index (χ1) is 22.0. The molecule has 2 fully saturated rings. The zero-order valence-corrected chi connectivity index (χ0v) is 26.3. The van der Waals surface area contributed by atoms with Gasteiger partial charge in [0.1, 0.15) is 12.4 Å². The van der Waals surface area contributed by atoms with E-state index in [1.54, 1.807) is 4.90 Å². The molecule has 8 nitrogen and oxygen atoms in total. The van der Waals surface area contributed by atoms with Gasteiger partial charge in [0.25, 0.3) is 0 Å². The topological polar surface area (TPSA) is 82.2 Å². The van der Waals surface area contributed by atoms with Crippen LogP contribution in [0.5, 0.6) is 0 Å². The van der Waals surface area contributed by atoms with Gasteiger partial charge in [-0.1, -0.05) is 12.1 Å². The molecule has 1 heterocycles. The van der Waals surface area contributed by atoms with Crippen molar-refractivity contribution in [1.82, 2.24) is 15.1 Å². The van der Waals surface area contributed by atoms with Gasteiger partial charge in [-0.3, -0.25) is 9.69 Å². The van der Waals surface area contributed by atoms with Gasteiger partial charge in [0.2, 0.25) is 5.91 Å². The number of alkyl carbamates (subject to hydrolysis) is 1. The van der Waals surface area contributed by atoms with Gasteiger partial charge in [-0.2, -0.15) is 26.3 Å². The quantitative estimate of drug-likeness (QED) is 0.254. The highest BCUT2D eigenvalue weighted by atomic mass is 35.5. The van der Waals surface area contributed by atoms with Crippen molar-refractivity contribution in [2.45, 2.75) is 56.0 Å². The number of nitrogens with zero attached hydrogens (tertiary/aromatic N) is 3. The number of hydrogen-bond acceptors (Lipinski definition) is 4. The van der Waals surface area contributed by atoms with Crippen LogP contribution in [0.15, 0.2) is 42.5 Å². The van der Waals surface area contributed by atoms with Crippen LogP contribution in [0.2, 0.25) is 0 Å². The van der Waals surface area contributed by atoms with Crippen LogP contribution in [0.25, 0.3) is 0 Å². The summed E-state index contributed by atoms with van der Waals surface area (Å²) in [6.07, 6.45) is -8.83. The highest BCUT2D eigenvalue weighted by molar-refractivity contribution is 6.18. The number of benzene rings is 2. The van der Waals surface area contributed by atoms with Crippen LogP contribution in [0.4, 0.5) is 46.0 Å². The number of hydrogen-bond donors (Lipinski definition) is 1. The number of alkyl halides is 7. The minimum absolute atomic E-state index is 0.0205. The Labute approximate surface area is 271 Å². The Hall–Kier alpha value is -3.75. The largest absolute Gasteiger partial charge is 0.448 e. The van der Waals surface area contributed by atoms with Crippen molar-refractivity contribution in [3.63, 3.8) is 0 Å². The second-order valence-electron chi connectivity index (χ2n) is 11.7. The second-order valence-corrected chi connectivity index (χ2v) is 12.1. The molecule has 258 valence electrons. The van der Waals surface area contributed by atoms with Gasteiger partial charge in [-0.05, 0) is 61.6 Å². The Morgan fingerprint density at radius 2 is 1.49 bits per heavy atom. The van der Waals surface area contributed by atoms with Crippen molar-refractivity contribution in [2.24, 2.45) is 5.92 Å². The number of amides is 4. The monoisotopic (exact) mass is 694 g/mol. The standard InChI is InChI=1S/C31H34ClF7N4O4/c1-41(24-14-20(30(34,35)36)13-21(15-24)31(37,38)39)29(46)42(2)26-17-43(16-25(26)18-3-7-22(33)8-4-18)27(44)19-5-9-23(10-6-19)40-28(45)47-12-11-32/h3-4,7-8,13-15,19,23,25-26H,5-6,9-12,16-17H2,1-2H3,(H,40,45)/t19-,23-,25-,26+/m0/s1. The SMILES string of the molecule is CN(C(=O)N(C)[C@@H]1CN(C(=O)[C@H]2CC[C@H](NC(=O)OCCCl)CC2)C[C@H]1c1ccc(F)cc1)c1cc(C(F)(F)F)cc(C(F)(F)F)c1. The molecule has 2 atom stereocenters. The minimum Gasteiger partial charge on any atom is -0.448 e. The maximum absolute atomic E-state index is 13.8. The lowest BCUT2D eigenvalue weighted by Crippen LogP contribution is -2.48. The summed E-state index contributed by atoms with van der Waals surface area (Å²) in [5, 5.41) is 2.75. The predicted octanol–water partition coefficient (Wildman–Crippen LogP) is 6.87. The number of rotatable bonds is 7. The van der Waals surface area contributed by atoms with Crippen LogP contribution < -0.4 is 10.2 Å². The maximum atomic E-state index is 13.8. The molecule has 4 rings (SSSR count). The van der Waals surface area contributed by atoms with Crippen molar-refractivity contribution in [3.05, 3.63) is 65.0 Å². The third-order valence-electron chi connectivity index (χ3n) is 8.65. The average Bonchev–Trinajstić information content (AvgIpc) is 3.47. The van der Waals surface area contributed by atoms with E-state index in [1.807, 2.05) is 0 Å². The summed E-state index contributed by atoms with van der Waals surface area (Å²) < 4.78 is 99.7. The summed E-state index contributed by atoms with van der Waals surface area (Å²) in [5.74, 6) is -1.46. The van der Waals surface area contributed by atoms with Crippen LogP contribution in [-0.2, 0) is 21.9 Å². The van der Waals surface area contributed by atoms with Crippen LogP contribution in [-0.4, -0.2) is 79.6 Å². The molecule has 0 spiro atoms. The Kier molecular flexibility index (Phi) is 11.2.